The molecule has 2 aliphatic rings. The van der Waals surface area contributed by atoms with Crippen molar-refractivity contribution >= 4 is 96.1 Å². The van der Waals surface area contributed by atoms with E-state index in [4.69, 9.17) is 0 Å². The van der Waals surface area contributed by atoms with E-state index in [9.17, 15) is 0 Å². The Morgan fingerprint density at radius 3 is 1.03 bits per heavy atom. The maximum atomic E-state index is 2.60. The summed E-state index contributed by atoms with van der Waals surface area (Å²) in [6, 6.07) is 119. The third-order valence-corrected chi connectivity index (χ3v) is 22.3. The first-order valence-electron chi connectivity index (χ1n) is 35.3. The number of para-hydroxylation sites is 2. The Hall–Kier alpha value is -10.9. The maximum Gasteiger partial charge on any atom is 0.252 e. The Bertz CT molecular complexity index is 5100. The molecule has 99 heavy (non-hydrogen) atoms. The molecule has 1 aromatic heterocycles. The van der Waals surface area contributed by atoms with Crippen LogP contribution in [0, 0.1) is 0 Å². The molecule has 0 amide bonds. The van der Waals surface area contributed by atoms with Crippen molar-refractivity contribution in [2.45, 2.75) is 103 Å². The van der Waals surface area contributed by atoms with Gasteiger partial charge in [-0.25, -0.2) is 0 Å². The molecule has 16 rings (SSSR count). The molecule has 14 aromatic rings. The van der Waals surface area contributed by atoms with Crippen LogP contribution in [0.4, 0.5) is 51.2 Å². The van der Waals surface area contributed by atoms with Crippen LogP contribution >= 0.6 is 0 Å². The maximum absolute atomic E-state index is 2.60. The Morgan fingerprint density at radius 1 is 0.253 bits per heavy atom. The van der Waals surface area contributed by atoms with Crippen LogP contribution in [0.1, 0.15) is 126 Å². The molecule has 0 atom stereocenters. The van der Waals surface area contributed by atoms with Crippen LogP contribution in [0.3, 0.4) is 0 Å². The first kappa shape index (κ1) is 62.9. The summed E-state index contributed by atoms with van der Waals surface area (Å²) in [5.41, 5.74) is 27.6. The zero-order valence-electron chi connectivity index (χ0n) is 58.9. The van der Waals surface area contributed by atoms with Crippen LogP contribution in [0.2, 0.25) is 0 Å². The van der Waals surface area contributed by atoms with Gasteiger partial charge in [-0.3, -0.25) is 0 Å². The minimum Gasteiger partial charge on any atom is -0.311 e. The van der Waals surface area contributed by atoms with Gasteiger partial charge in [-0.15, -0.1) is 0 Å². The van der Waals surface area contributed by atoms with Gasteiger partial charge < -0.3 is 19.3 Å². The average Bonchev–Trinajstić information content (AvgIpc) is 1.24. The van der Waals surface area contributed by atoms with Crippen LogP contribution in [0.5, 0.6) is 0 Å². The normalized spacial score (nSPS) is 13.1. The molecule has 4 nitrogen and oxygen atoms in total. The van der Waals surface area contributed by atoms with E-state index in [1.165, 1.54) is 88.3 Å². The summed E-state index contributed by atoms with van der Waals surface area (Å²) in [6.07, 6.45) is 0. The molecule has 0 saturated carbocycles. The lowest BCUT2D eigenvalue weighted by molar-refractivity contribution is 0.591. The molecule has 2 aliphatic heterocycles. The molecule has 13 aromatic carbocycles. The van der Waals surface area contributed by atoms with Crippen LogP contribution in [0.25, 0.3) is 27.5 Å². The van der Waals surface area contributed by atoms with E-state index in [0.717, 1.165) is 56.9 Å². The van der Waals surface area contributed by atoms with E-state index >= 15 is 0 Å². The molecule has 0 fully saturated rings. The second kappa shape index (κ2) is 24.0. The highest BCUT2D eigenvalue weighted by molar-refractivity contribution is 7.00. The fourth-order valence-corrected chi connectivity index (χ4v) is 16.1. The highest BCUT2D eigenvalue weighted by Crippen LogP contribution is 2.51. The summed E-state index contributed by atoms with van der Waals surface area (Å²) in [5, 5.41) is 2.52. The van der Waals surface area contributed by atoms with Gasteiger partial charge in [-0.05, 0) is 175 Å². The molecule has 0 bridgehead atoms. The van der Waals surface area contributed by atoms with Gasteiger partial charge in [0.15, 0.2) is 0 Å². The molecule has 484 valence electrons. The lowest BCUT2D eigenvalue weighted by atomic mass is 9.33. The fraction of sp³-hybridized carbons (Fsp3) is 0.170. The monoisotopic (exact) mass is 1280 g/mol. The predicted octanol–water partition coefficient (Wildman–Crippen LogP) is 22.9. The van der Waals surface area contributed by atoms with Crippen LogP contribution in [-0.2, 0) is 27.1 Å². The van der Waals surface area contributed by atoms with Gasteiger partial charge in [-0.1, -0.05) is 288 Å². The minimum absolute atomic E-state index is 0.0120. The summed E-state index contributed by atoms with van der Waals surface area (Å²) in [5.74, 6) is 0. The number of hydrogen-bond acceptors (Lipinski definition) is 3. The molecular formula is C94H85BN4. The Morgan fingerprint density at radius 2 is 0.596 bits per heavy atom. The van der Waals surface area contributed by atoms with Crippen molar-refractivity contribution in [1.82, 2.24) is 4.57 Å². The summed E-state index contributed by atoms with van der Waals surface area (Å²) < 4.78 is 2.44. The third kappa shape index (κ3) is 10.7. The summed E-state index contributed by atoms with van der Waals surface area (Å²) in [6.45, 7) is 25.7. The Labute approximate surface area is 586 Å². The molecule has 0 radical (unpaired) electrons. The average molecular weight is 1280 g/mol. The first-order valence-corrected chi connectivity index (χ1v) is 35.3. The quantitative estimate of drug-likeness (QED) is 0.101. The highest BCUT2D eigenvalue weighted by Gasteiger charge is 2.46. The van der Waals surface area contributed by atoms with Gasteiger partial charge in [0.05, 0.1) is 16.7 Å². The van der Waals surface area contributed by atoms with Crippen molar-refractivity contribution < 1.29 is 0 Å². The topological polar surface area (TPSA) is 14.7 Å². The van der Waals surface area contributed by atoms with Crippen molar-refractivity contribution in [2.24, 2.45) is 0 Å². The number of nitrogens with zero attached hydrogens (tertiary/aromatic N) is 4. The van der Waals surface area contributed by atoms with Crippen LogP contribution < -0.4 is 31.1 Å². The predicted molar refractivity (Wildman–Crippen MR) is 422 cm³/mol. The second-order valence-corrected chi connectivity index (χ2v) is 30.6. The van der Waals surface area contributed by atoms with Gasteiger partial charge in [-0.2, -0.15) is 0 Å². The fourth-order valence-electron chi connectivity index (χ4n) is 16.1. The zero-order chi connectivity index (χ0) is 68.2. The smallest absolute Gasteiger partial charge is 0.252 e. The second-order valence-electron chi connectivity index (χ2n) is 30.6. The van der Waals surface area contributed by atoms with E-state index < -0.39 is 0 Å². The molecule has 5 heteroatoms. The van der Waals surface area contributed by atoms with E-state index in [1.807, 2.05) is 0 Å². The van der Waals surface area contributed by atoms with Gasteiger partial charge in [0.1, 0.15) is 0 Å². The number of aromatic nitrogens is 1. The molecular weight excluding hydrogens is 1200 g/mol. The van der Waals surface area contributed by atoms with E-state index in [-0.39, 0.29) is 33.8 Å². The number of benzene rings is 13. The summed E-state index contributed by atoms with van der Waals surface area (Å²) in [7, 11) is 0. The largest absolute Gasteiger partial charge is 0.311 e. The number of rotatable bonds is 14. The van der Waals surface area contributed by atoms with Crippen molar-refractivity contribution in [3.63, 3.8) is 0 Å². The lowest BCUT2D eigenvalue weighted by Crippen LogP contribution is -2.61. The zero-order valence-corrected chi connectivity index (χ0v) is 58.9. The molecule has 3 heterocycles. The molecule has 0 aliphatic carbocycles. The first-order chi connectivity index (χ1) is 47.8. The number of anilines is 9. The van der Waals surface area contributed by atoms with Crippen LogP contribution in [-0.4, -0.2) is 11.3 Å². The van der Waals surface area contributed by atoms with Gasteiger partial charge in [0, 0.05) is 83.6 Å². The minimum atomic E-state index is -0.322. The van der Waals surface area contributed by atoms with Crippen molar-refractivity contribution in [3.05, 3.63) is 366 Å². The highest BCUT2D eigenvalue weighted by atomic mass is 15.2. The van der Waals surface area contributed by atoms with Gasteiger partial charge in [0.25, 0.3) is 6.71 Å². The lowest BCUT2D eigenvalue weighted by Gasteiger charge is -2.46. The summed E-state index contributed by atoms with van der Waals surface area (Å²) >= 11 is 0. The van der Waals surface area contributed by atoms with Gasteiger partial charge in [0.2, 0.25) is 0 Å². The Balaban J connectivity index is 0.969. The molecule has 0 spiro atoms. The number of fused-ring (bicyclic) bond motifs is 7. The van der Waals surface area contributed by atoms with E-state index in [1.54, 1.807) is 0 Å². The number of hydrogen-bond donors (Lipinski definition) is 0. The van der Waals surface area contributed by atoms with Crippen molar-refractivity contribution in [1.29, 1.82) is 0 Å². The van der Waals surface area contributed by atoms with E-state index in [2.05, 4.69) is 411 Å². The Kier molecular flexibility index (Phi) is 15.2. The molecule has 0 saturated heterocycles. The van der Waals surface area contributed by atoms with Crippen molar-refractivity contribution in [2.75, 3.05) is 14.7 Å². The van der Waals surface area contributed by atoms with Crippen molar-refractivity contribution in [3.8, 4) is 5.69 Å². The summed E-state index contributed by atoms with van der Waals surface area (Å²) in [4.78, 5) is 7.67. The van der Waals surface area contributed by atoms with Crippen LogP contribution in [0.15, 0.2) is 315 Å². The van der Waals surface area contributed by atoms with Gasteiger partial charge >= 0.3 is 0 Å². The molecule has 0 unspecified atom stereocenters. The van der Waals surface area contributed by atoms with E-state index in [0.29, 0.717) is 0 Å². The molecule has 0 N–H and O–H groups in total. The SMILES string of the molecule is CC(C)(C)c1ccc2c(c1)c1ccccc1n2-c1ccc(N(c2ccccc2)c2cc3c4c(c2)N(c2ccc(C(C)(C)c5ccccc5)cc2)c2ccc(C(C)(C)c5ccccc5)cc2B4c2cc(C(C)(C)c4ccccc4)ccc2N3c2ccc(C(C)(C)c3ccccc3)cc2)cc1. The third-order valence-electron chi connectivity index (χ3n) is 22.3. The standard InChI is InChI=1S/C94H85BN4/c1-90(2,3)70-45-56-84-80(59-70)79-39-27-28-40-83(79)97(84)77-54-52-74(53-55-77)96(73-37-25-16-26-38-73)78-62-87-89-88(63-78)99(76-50-43-69(44-51-76)92(6,7)65-31-19-13-20-32-65)86-58-47-72(94(10,11)67-35-23-15-24-36-67)61-82(86)95(89)81-60-71(93(8,9)66-33-21-14-22-34-66)46-57-85(81)98(87)75-48-41-68(42-49-75)91(4,5)64-29-17-12-18-30-64/h12-63H,1-11H3.